The van der Waals surface area contributed by atoms with E-state index in [1.807, 2.05) is 0 Å². The normalized spacial score (nSPS) is 13.6. The van der Waals surface area contributed by atoms with Crippen molar-refractivity contribution in [3.05, 3.63) is 0 Å². The average molecular weight is 302 g/mol. The van der Waals surface area contributed by atoms with E-state index in [4.69, 9.17) is 4.74 Å². The molecule has 0 aromatic rings. The Bertz CT molecular complexity index is 209. The Labute approximate surface area is 132 Å². The van der Waals surface area contributed by atoms with Crippen LogP contribution >= 0.6 is 0 Å². The molecule has 0 fully saturated rings. The van der Waals surface area contributed by atoms with Crippen LogP contribution in [-0.2, 0) is 4.74 Å². The summed E-state index contributed by atoms with van der Waals surface area (Å²) < 4.78 is 5.58. The molecule has 3 nitrogen and oxygen atoms in total. The van der Waals surface area contributed by atoms with Gasteiger partial charge in [-0.3, -0.25) is 0 Å². The van der Waals surface area contributed by atoms with Crippen LogP contribution in [0.15, 0.2) is 0 Å². The first-order chi connectivity index (χ1) is 10.1. The molecule has 0 aliphatic heterocycles. The van der Waals surface area contributed by atoms with Gasteiger partial charge in [0.2, 0.25) is 0 Å². The van der Waals surface area contributed by atoms with Crippen molar-refractivity contribution in [3.8, 4) is 0 Å². The van der Waals surface area contributed by atoms with Crippen LogP contribution in [-0.4, -0.2) is 36.5 Å². The molecule has 0 bridgehead atoms. The van der Waals surface area contributed by atoms with Crippen LogP contribution < -0.4 is 5.32 Å². The van der Waals surface area contributed by atoms with Gasteiger partial charge in [-0.15, -0.1) is 0 Å². The minimum Gasteiger partial charge on any atom is -0.389 e. The molecule has 0 spiro atoms. The first kappa shape index (κ1) is 20.9. The van der Waals surface area contributed by atoms with Crippen molar-refractivity contribution >= 4 is 0 Å². The van der Waals surface area contributed by atoms with Crippen LogP contribution in [0, 0.1) is 0 Å². The molecule has 21 heavy (non-hydrogen) atoms. The number of rotatable bonds is 15. The van der Waals surface area contributed by atoms with E-state index in [0.29, 0.717) is 13.2 Å². The van der Waals surface area contributed by atoms with Crippen LogP contribution in [0.1, 0.15) is 85.5 Å². The Morgan fingerprint density at radius 1 is 0.905 bits per heavy atom. The maximum Gasteiger partial charge on any atom is 0.0897 e. The van der Waals surface area contributed by atoms with Gasteiger partial charge in [0, 0.05) is 18.7 Å². The van der Waals surface area contributed by atoms with E-state index in [-0.39, 0.29) is 5.54 Å². The minimum absolute atomic E-state index is 0.181. The first-order valence-electron chi connectivity index (χ1n) is 9.14. The van der Waals surface area contributed by atoms with Crippen molar-refractivity contribution in [1.82, 2.24) is 5.32 Å². The topological polar surface area (TPSA) is 41.5 Å². The zero-order chi connectivity index (χ0) is 16.0. The van der Waals surface area contributed by atoms with E-state index in [9.17, 15) is 5.11 Å². The van der Waals surface area contributed by atoms with Crippen molar-refractivity contribution in [2.24, 2.45) is 0 Å². The van der Waals surface area contributed by atoms with Crippen molar-refractivity contribution in [2.45, 2.75) is 97.1 Å². The molecule has 1 atom stereocenters. The summed E-state index contributed by atoms with van der Waals surface area (Å²) in [5.41, 5.74) is 0.181. The molecule has 3 heteroatoms. The summed E-state index contributed by atoms with van der Waals surface area (Å²) in [5.74, 6) is 0. The first-order valence-corrected chi connectivity index (χ1v) is 9.14. The number of unbranched alkanes of at least 4 members (excludes halogenated alkanes) is 5. The molecule has 0 aliphatic rings. The van der Waals surface area contributed by atoms with Gasteiger partial charge in [-0.2, -0.15) is 0 Å². The summed E-state index contributed by atoms with van der Waals surface area (Å²) in [7, 11) is 0. The van der Waals surface area contributed by atoms with Gasteiger partial charge in [-0.25, -0.2) is 0 Å². The van der Waals surface area contributed by atoms with Gasteiger partial charge < -0.3 is 15.2 Å². The SMILES string of the molecule is CCCCCCCCOCC(O)CNC(CC)(CC)CC. The highest BCUT2D eigenvalue weighted by atomic mass is 16.5. The molecule has 0 aliphatic carbocycles. The predicted octanol–water partition coefficient (Wildman–Crippen LogP) is 4.28. The van der Waals surface area contributed by atoms with Gasteiger partial charge in [0.25, 0.3) is 0 Å². The number of hydrogen-bond acceptors (Lipinski definition) is 3. The molecule has 1 unspecified atom stereocenters. The maximum absolute atomic E-state index is 9.98. The highest BCUT2D eigenvalue weighted by molar-refractivity contribution is 4.84. The average Bonchev–Trinajstić information content (AvgIpc) is 2.52. The van der Waals surface area contributed by atoms with Crippen molar-refractivity contribution < 1.29 is 9.84 Å². The molecule has 0 aromatic carbocycles. The Balaban J connectivity index is 3.56. The van der Waals surface area contributed by atoms with Crippen LogP contribution in [0.5, 0.6) is 0 Å². The van der Waals surface area contributed by atoms with Gasteiger partial charge in [0.1, 0.15) is 0 Å². The third-order valence-corrected chi connectivity index (χ3v) is 4.70. The molecular formula is C18H39NO2. The van der Waals surface area contributed by atoms with Gasteiger partial charge >= 0.3 is 0 Å². The second-order valence-electron chi connectivity index (χ2n) is 6.22. The lowest BCUT2D eigenvalue weighted by Gasteiger charge is -2.33. The summed E-state index contributed by atoms with van der Waals surface area (Å²) >= 11 is 0. The van der Waals surface area contributed by atoms with Gasteiger partial charge in [-0.1, -0.05) is 59.8 Å². The van der Waals surface area contributed by atoms with E-state index in [0.717, 1.165) is 32.3 Å². The zero-order valence-corrected chi connectivity index (χ0v) is 14.9. The molecule has 128 valence electrons. The number of hydrogen-bond donors (Lipinski definition) is 2. The number of aliphatic hydroxyl groups excluding tert-OH is 1. The Morgan fingerprint density at radius 3 is 2.05 bits per heavy atom. The predicted molar refractivity (Wildman–Crippen MR) is 91.8 cm³/mol. The Hall–Kier alpha value is -0.120. The third kappa shape index (κ3) is 10.3. The minimum atomic E-state index is -0.394. The van der Waals surface area contributed by atoms with Crippen molar-refractivity contribution in [2.75, 3.05) is 19.8 Å². The highest BCUT2D eigenvalue weighted by Crippen LogP contribution is 2.18. The van der Waals surface area contributed by atoms with Gasteiger partial charge in [0.05, 0.1) is 12.7 Å². The molecule has 0 saturated carbocycles. The number of β-amino-alcohol motifs (C(OH)–C–C–N with tert-alkyl or cyclic N) is 1. The molecular weight excluding hydrogens is 262 g/mol. The lowest BCUT2D eigenvalue weighted by atomic mass is 9.90. The molecule has 0 aromatic heterocycles. The van der Waals surface area contributed by atoms with Crippen LogP contribution in [0.3, 0.4) is 0 Å². The molecule has 0 radical (unpaired) electrons. The quantitative estimate of drug-likeness (QED) is 0.444. The zero-order valence-electron chi connectivity index (χ0n) is 14.9. The summed E-state index contributed by atoms with van der Waals surface area (Å²) in [6.07, 6.45) is 10.6. The van der Waals surface area contributed by atoms with E-state index in [2.05, 4.69) is 33.0 Å². The fourth-order valence-electron chi connectivity index (χ4n) is 2.72. The lowest BCUT2D eigenvalue weighted by Crippen LogP contribution is -2.47. The largest absolute Gasteiger partial charge is 0.389 e. The fourth-order valence-corrected chi connectivity index (χ4v) is 2.72. The summed E-state index contributed by atoms with van der Waals surface area (Å²) in [6.45, 7) is 10.7. The van der Waals surface area contributed by atoms with Gasteiger partial charge in [-0.05, 0) is 25.7 Å². The number of aliphatic hydroxyl groups is 1. The summed E-state index contributed by atoms with van der Waals surface area (Å²) in [6, 6.07) is 0. The van der Waals surface area contributed by atoms with Crippen LogP contribution in [0.25, 0.3) is 0 Å². The Kier molecular flexibility index (Phi) is 13.5. The molecule has 2 N–H and O–H groups in total. The lowest BCUT2D eigenvalue weighted by molar-refractivity contribution is 0.0303. The number of nitrogens with one attached hydrogen (secondary N) is 1. The Morgan fingerprint density at radius 2 is 1.48 bits per heavy atom. The van der Waals surface area contributed by atoms with Crippen molar-refractivity contribution in [3.63, 3.8) is 0 Å². The van der Waals surface area contributed by atoms with Crippen LogP contribution in [0.2, 0.25) is 0 Å². The second kappa shape index (κ2) is 13.5. The molecule has 0 heterocycles. The van der Waals surface area contributed by atoms with E-state index >= 15 is 0 Å². The molecule has 0 saturated heterocycles. The fraction of sp³-hybridized carbons (Fsp3) is 1.00. The third-order valence-electron chi connectivity index (χ3n) is 4.70. The monoisotopic (exact) mass is 301 g/mol. The van der Waals surface area contributed by atoms with E-state index in [1.165, 1.54) is 32.1 Å². The standard InChI is InChI=1S/C18H39NO2/c1-5-9-10-11-12-13-14-21-16-17(20)15-19-18(6-2,7-3)8-4/h17,19-20H,5-16H2,1-4H3. The highest BCUT2D eigenvalue weighted by Gasteiger charge is 2.23. The summed E-state index contributed by atoms with van der Waals surface area (Å²) in [4.78, 5) is 0. The maximum atomic E-state index is 9.98. The van der Waals surface area contributed by atoms with E-state index < -0.39 is 6.10 Å². The second-order valence-corrected chi connectivity index (χ2v) is 6.22. The smallest absolute Gasteiger partial charge is 0.0897 e. The molecule has 0 rings (SSSR count). The van der Waals surface area contributed by atoms with Gasteiger partial charge in [0.15, 0.2) is 0 Å². The van der Waals surface area contributed by atoms with Crippen LogP contribution in [0.4, 0.5) is 0 Å². The summed E-state index contributed by atoms with van der Waals surface area (Å²) in [5, 5.41) is 13.5. The van der Waals surface area contributed by atoms with Crippen molar-refractivity contribution in [1.29, 1.82) is 0 Å². The molecule has 0 amide bonds. The number of ether oxygens (including phenoxy) is 1. The van der Waals surface area contributed by atoms with E-state index in [1.54, 1.807) is 0 Å².